The first kappa shape index (κ1) is 12.2. The van der Waals surface area contributed by atoms with E-state index in [2.05, 4.69) is 36.1 Å². The molecule has 0 bridgehead atoms. The average molecular weight is 247 g/mol. The molecule has 1 aliphatic carbocycles. The molecule has 98 valence electrons. The highest BCUT2D eigenvalue weighted by Gasteiger charge is 2.32. The van der Waals surface area contributed by atoms with Crippen LogP contribution in [0.1, 0.15) is 24.0 Å². The molecular weight excluding hydrogens is 226 g/mol. The molecule has 1 saturated heterocycles. The van der Waals surface area contributed by atoms with E-state index in [-0.39, 0.29) is 12.7 Å². The van der Waals surface area contributed by atoms with Crippen LogP contribution >= 0.6 is 0 Å². The van der Waals surface area contributed by atoms with Crippen molar-refractivity contribution < 1.29 is 9.84 Å². The van der Waals surface area contributed by atoms with E-state index < -0.39 is 0 Å². The second-order valence-electron chi connectivity index (χ2n) is 5.54. The summed E-state index contributed by atoms with van der Waals surface area (Å²) in [4.78, 5) is 2.46. The first-order chi connectivity index (χ1) is 8.78. The zero-order chi connectivity index (χ0) is 12.5. The van der Waals surface area contributed by atoms with Crippen LogP contribution in [0.2, 0.25) is 0 Å². The van der Waals surface area contributed by atoms with Crippen molar-refractivity contribution in [3.63, 3.8) is 0 Å². The zero-order valence-corrected chi connectivity index (χ0v) is 10.9. The molecule has 1 aromatic carbocycles. The standard InChI is InChI=1S/C15H21NO2/c1-11-10-18-14(9-17)8-16(11)7-13-6-12-4-2-3-5-15(12)13/h2-5,11,13-14,17H,6-10H2,1H3. The molecule has 3 nitrogen and oxygen atoms in total. The lowest BCUT2D eigenvalue weighted by Crippen LogP contribution is -2.51. The third-order valence-electron chi connectivity index (χ3n) is 4.25. The summed E-state index contributed by atoms with van der Waals surface area (Å²) < 4.78 is 5.58. The molecule has 3 atom stereocenters. The Morgan fingerprint density at radius 1 is 1.39 bits per heavy atom. The summed E-state index contributed by atoms with van der Waals surface area (Å²) in [5.41, 5.74) is 3.01. The Labute approximate surface area is 108 Å². The van der Waals surface area contributed by atoms with Crippen LogP contribution in [0.3, 0.4) is 0 Å². The minimum Gasteiger partial charge on any atom is -0.394 e. The number of hydrogen-bond donors (Lipinski definition) is 1. The van der Waals surface area contributed by atoms with E-state index in [0.717, 1.165) is 19.7 Å². The van der Waals surface area contributed by atoms with E-state index in [4.69, 9.17) is 4.74 Å². The fourth-order valence-electron chi connectivity index (χ4n) is 3.05. The minimum absolute atomic E-state index is 0.00322. The van der Waals surface area contributed by atoms with Crippen LogP contribution in [-0.4, -0.2) is 48.5 Å². The van der Waals surface area contributed by atoms with Gasteiger partial charge in [0.2, 0.25) is 0 Å². The maximum absolute atomic E-state index is 9.21. The fourth-order valence-corrected chi connectivity index (χ4v) is 3.05. The van der Waals surface area contributed by atoms with Gasteiger partial charge in [0.15, 0.2) is 0 Å². The predicted octanol–water partition coefficient (Wildman–Crippen LogP) is 1.41. The molecule has 0 spiro atoms. The molecule has 0 amide bonds. The molecule has 1 heterocycles. The van der Waals surface area contributed by atoms with Crippen molar-refractivity contribution in [2.75, 3.05) is 26.3 Å². The number of hydrogen-bond acceptors (Lipinski definition) is 3. The van der Waals surface area contributed by atoms with Crippen LogP contribution in [0.4, 0.5) is 0 Å². The van der Waals surface area contributed by atoms with E-state index in [1.54, 1.807) is 0 Å². The van der Waals surface area contributed by atoms with Crippen molar-refractivity contribution in [1.29, 1.82) is 0 Å². The molecule has 3 unspecified atom stereocenters. The number of benzene rings is 1. The summed E-state index contributed by atoms with van der Waals surface area (Å²) >= 11 is 0. The number of fused-ring (bicyclic) bond motifs is 1. The number of morpholine rings is 1. The molecule has 1 fully saturated rings. The summed E-state index contributed by atoms with van der Waals surface area (Å²) in [5, 5.41) is 9.21. The molecular formula is C15H21NO2. The maximum Gasteiger partial charge on any atom is 0.0933 e. The highest BCUT2D eigenvalue weighted by atomic mass is 16.5. The number of aliphatic hydroxyl groups excluding tert-OH is 1. The molecule has 3 rings (SSSR count). The van der Waals surface area contributed by atoms with Gasteiger partial charge in [-0.25, -0.2) is 0 Å². The smallest absolute Gasteiger partial charge is 0.0933 e. The molecule has 0 radical (unpaired) electrons. The van der Waals surface area contributed by atoms with Crippen molar-refractivity contribution in [3.8, 4) is 0 Å². The van der Waals surface area contributed by atoms with Crippen LogP contribution in [0, 0.1) is 0 Å². The van der Waals surface area contributed by atoms with E-state index >= 15 is 0 Å². The third kappa shape index (κ3) is 2.18. The van der Waals surface area contributed by atoms with Gasteiger partial charge in [-0.3, -0.25) is 4.90 Å². The third-order valence-corrected chi connectivity index (χ3v) is 4.25. The normalized spacial score (nSPS) is 31.8. The second-order valence-corrected chi connectivity index (χ2v) is 5.54. The van der Waals surface area contributed by atoms with Gasteiger partial charge in [0.1, 0.15) is 0 Å². The molecule has 1 aromatic rings. The minimum atomic E-state index is -0.00322. The van der Waals surface area contributed by atoms with Crippen LogP contribution in [0.5, 0.6) is 0 Å². The fraction of sp³-hybridized carbons (Fsp3) is 0.600. The Hall–Kier alpha value is -0.900. The topological polar surface area (TPSA) is 32.7 Å². The van der Waals surface area contributed by atoms with Gasteiger partial charge in [0.05, 0.1) is 19.3 Å². The predicted molar refractivity (Wildman–Crippen MR) is 70.7 cm³/mol. The highest BCUT2D eigenvalue weighted by Crippen LogP contribution is 2.36. The summed E-state index contributed by atoms with van der Waals surface area (Å²) in [6, 6.07) is 9.18. The number of nitrogens with zero attached hydrogens (tertiary/aromatic N) is 1. The largest absolute Gasteiger partial charge is 0.394 e. The van der Waals surface area contributed by atoms with Gasteiger partial charge in [0.25, 0.3) is 0 Å². The maximum atomic E-state index is 9.21. The molecule has 2 aliphatic rings. The Morgan fingerprint density at radius 3 is 3.00 bits per heavy atom. The Balaban J connectivity index is 1.63. The monoisotopic (exact) mass is 247 g/mol. The number of ether oxygens (including phenoxy) is 1. The second kappa shape index (κ2) is 5.00. The molecule has 0 saturated carbocycles. The molecule has 0 aromatic heterocycles. The van der Waals surface area contributed by atoms with Crippen LogP contribution in [-0.2, 0) is 11.2 Å². The van der Waals surface area contributed by atoms with Crippen LogP contribution < -0.4 is 0 Å². The quantitative estimate of drug-likeness (QED) is 0.876. The average Bonchev–Trinajstić information content (AvgIpc) is 2.38. The summed E-state index contributed by atoms with van der Waals surface area (Å²) in [5.74, 6) is 0.668. The van der Waals surface area contributed by atoms with Gasteiger partial charge in [-0.15, -0.1) is 0 Å². The Kier molecular flexibility index (Phi) is 3.37. The summed E-state index contributed by atoms with van der Waals surface area (Å²) in [6.45, 7) is 5.02. The van der Waals surface area contributed by atoms with Crippen molar-refractivity contribution in [1.82, 2.24) is 4.90 Å². The Morgan fingerprint density at radius 2 is 2.22 bits per heavy atom. The summed E-state index contributed by atoms with van der Waals surface area (Å²) in [7, 11) is 0. The summed E-state index contributed by atoms with van der Waals surface area (Å²) in [6.07, 6.45) is 1.20. The van der Waals surface area contributed by atoms with Crippen molar-refractivity contribution >= 4 is 0 Å². The first-order valence-electron chi connectivity index (χ1n) is 6.82. The van der Waals surface area contributed by atoms with Gasteiger partial charge in [-0.2, -0.15) is 0 Å². The van der Waals surface area contributed by atoms with E-state index in [1.165, 1.54) is 17.5 Å². The lowest BCUT2D eigenvalue weighted by Gasteiger charge is -2.41. The van der Waals surface area contributed by atoms with Crippen molar-refractivity contribution in [3.05, 3.63) is 35.4 Å². The Bertz CT molecular complexity index is 421. The van der Waals surface area contributed by atoms with E-state index in [1.807, 2.05) is 0 Å². The molecule has 18 heavy (non-hydrogen) atoms. The van der Waals surface area contributed by atoms with Crippen molar-refractivity contribution in [2.24, 2.45) is 0 Å². The van der Waals surface area contributed by atoms with Gasteiger partial charge in [-0.05, 0) is 24.5 Å². The van der Waals surface area contributed by atoms with E-state index in [9.17, 15) is 5.11 Å². The molecule has 1 N–H and O–H groups in total. The van der Waals surface area contributed by atoms with Gasteiger partial charge < -0.3 is 9.84 Å². The first-order valence-corrected chi connectivity index (χ1v) is 6.82. The number of aliphatic hydroxyl groups is 1. The van der Waals surface area contributed by atoms with Gasteiger partial charge in [0, 0.05) is 25.0 Å². The zero-order valence-electron chi connectivity index (χ0n) is 10.9. The molecule has 1 aliphatic heterocycles. The molecule has 3 heteroatoms. The highest BCUT2D eigenvalue weighted by molar-refractivity contribution is 5.40. The van der Waals surface area contributed by atoms with E-state index in [0.29, 0.717) is 12.0 Å². The lowest BCUT2D eigenvalue weighted by atomic mass is 9.77. The van der Waals surface area contributed by atoms with Gasteiger partial charge in [-0.1, -0.05) is 24.3 Å². The SMILES string of the molecule is CC1COC(CO)CN1CC1Cc2ccccc21. The number of rotatable bonds is 3. The van der Waals surface area contributed by atoms with Gasteiger partial charge >= 0.3 is 0 Å². The van der Waals surface area contributed by atoms with Crippen molar-refractivity contribution in [2.45, 2.75) is 31.4 Å². The van der Waals surface area contributed by atoms with Crippen LogP contribution in [0.15, 0.2) is 24.3 Å². The lowest BCUT2D eigenvalue weighted by molar-refractivity contribution is -0.0796. The van der Waals surface area contributed by atoms with Crippen LogP contribution in [0.25, 0.3) is 0 Å².